The van der Waals surface area contributed by atoms with Crippen molar-refractivity contribution in [2.75, 3.05) is 13.7 Å². The van der Waals surface area contributed by atoms with Crippen LogP contribution in [0.1, 0.15) is 24.8 Å². The lowest BCUT2D eigenvalue weighted by atomic mass is 9.90. The molecule has 2 unspecified atom stereocenters. The molecule has 0 radical (unpaired) electrons. The van der Waals surface area contributed by atoms with Crippen LogP contribution in [-0.2, 0) is 9.53 Å². The third-order valence-electron chi connectivity index (χ3n) is 2.59. The summed E-state index contributed by atoms with van der Waals surface area (Å²) in [6, 6.07) is 9.34. The Morgan fingerprint density at radius 3 is 2.50 bits per heavy atom. The molecule has 0 aliphatic heterocycles. The molecule has 0 saturated carbocycles. The fourth-order valence-corrected chi connectivity index (χ4v) is 1.82. The standard InChI is InChI=1S/C13H18O3/c1-10(9-16-2)8-12(13(14)15)11-6-4-3-5-7-11/h3-7,10,12H,8-9H2,1-2H3,(H,14,15). The third kappa shape index (κ3) is 3.66. The molecule has 0 heterocycles. The van der Waals surface area contributed by atoms with Gasteiger partial charge < -0.3 is 9.84 Å². The van der Waals surface area contributed by atoms with Crippen molar-refractivity contribution in [1.29, 1.82) is 0 Å². The molecule has 0 fully saturated rings. The quantitative estimate of drug-likeness (QED) is 0.804. The summed E-state index contributed by atoms with van der Waals surface area (Å²) in [5.74, 6) is -0.966. The van der Waals surface area contributed by atoms with Gasteiger partial charge in [0.05, 0.1) is 5.92 Å². The summed E-state index contributed by atoms with van der Waals surface area (Å²) in [5, 5.41) is 9.20. The van der Waals surface area contributed by atoms with Crippen molar-refractivity contribution in [3.05, 3.63) is 35.9 Å². The molecule has 16 heavy (non-hydrogen) atoms. The molecule has 0 saturated heterocycles. The molecule has 0 amide bonds. The normalized spacial score (nSPS) is 14.4. The summed E-state index contributed by atoms with van der Waals surface area (Å²) >= 11 is 0. The maximum absolute atomic E-state index is 11.2. The van der Waals surface area contributed by atoms with Crippen LogP contribution in [0.3, 0.4) is 0 Å². The Bertz CT molecular complexity index is 321. The minimum atomic E-state index is -0.769. The van der Waals surface area contributed by atoms with Gasteiger partial charge in [-0.2, -0.15) is 0 Å². The summed E-state index contributed by atoms with van der Waals surface area (Å²) < 4.78 is 5.03. The molecule has 0 aromatic heterocycles. The van der Waals surface area contributed by atoms with E-state index in [1.807, 2.05) is 37.3 Å². The number of benzene rings is 1. The van der Waals surface area contributed by atoms with Crippen molar-refractivity contribution in [1.82, 2.24) is 0 Å². The summed E-state index contributed by atoms with van der Waals surface area (Å²) in [6.07, 6.45) is 0.604. The molecule has 1 N–H and O–H groups in total. The van der Waals surface area contributed by atoms with Crippen molar-refractivity contribution in [2.45, 2.75) is 19.3 Å². The van der Waals surface area contributed by atoms with E-state index >= 15 is 0 Å². The van der Waals surface area contributed by atoms with Gasteiger partial charge in [0.2, 0.25) is 0 Å². The van der Waals surface area contributed by atoms with Crippen LogP contribution in [0.2, 0.25) is 0 Å². The van der Waals surface area contributed by atoms with Crippen LogP contribution in [0.4, 0.5) is 0 Å². The van der Waals surface area contributed by atoms with Crippen molar-refractivity contribution in [2.24, 2.45) is 5.92 Å². The van der Waals surface area contributed by atoms with Gasteiger partial charge in [-0.3, -0.25) is 4.79 Å². The van der Waals surface area contributed by atoms with Crippen molar-refractivity contribution in [3.8, 4) is 0 Å². The molecule has 2 atom stereocenters. The molecule has 3 heteroatoms. The number of rotatable bonds is 6. The Morgan fingerprint density at radius 2 is 2.00 bits per heavy atom. The van der Waals surface area contributed by atoms with E-state index in [0.717, 1.165) is 5.56 Å². The zero-order valence-electron chi connectivity index (χ0n) is 9.72. The van der Waals surface area contributed by atoms with Crippen LogP contribution in [0.15, 0.2) is 30.3 Å². The summed E-state index contributed by atoms with van der Waals surface area (Å²) in [5.41, 5.74) is 0.859. The first kappa shape index (κ1) is 12.7. The van der Waals surface area contributed by atoms with Crippen LogP contribution < -0.4 is 0 Å². The minimum Gasteiger partial charge on any atom is -0.481 e. The van der Waals surface area contributed by atoms with Crippen molar-refractivity contribution >= 4 is 5.97 Å². The lowest BCUT2D eigenvalue weighted by Crippen LogP contribution is -2.17. The van der Waals surface area contributed by atoms with E-state index in [1.54, 1.807) is 7.11 Å². The molecular weight excluding hydrogens is 204 g/mol. The fourth-order valence-electron chi connectivity index (χ4n) is 1.82. The van der Waals surface area contributed by atoms with Crippen molar-refractivity contribution in [3.63, 3.8) is 0 Å². The van der Waals surface area contributed by atoms with E-state index in [1.165, 1.54) is 0 Å². The Hall–Kier alpha value is -1.35. The maximum atomic E-state index is 11.2. The molecule has 1 aromatic carbocycles. The minimum absolute atomic E-state index is 0.242. The average molecular weight is 222 g/mol. The Labute approximate surface area is 96.1 Å². The number of methoxy groups -OCH3 is 1. The summed E-state index contributed by atoms with van der Waals surface area (Å²) in [6.45, 7) is 2.60. The van der Waals surface area contributed by atoms with Gasteiger partial charge in [-0.1, -0.05) is 37.3 Å². The smallest absolute Gasteiger partial charge is 0.310 e. The van der Waals surface area contributed by atoms with Crippen LogP contribution in [0, 0.1) is 5.92 Å². The van der Waals surface area contributed by atoms with Gasteiger partial charge in [-0.05, 0) is 17.9 Å². The van der Waals surface area contributed by atoms with Crippen molar-refractivity contribution < 1.29 is 14.6 Å². The number of hydrogen-bond donors (Lipinski definition) is 1. The number of carbonyl (C=O) groups is 1. The van der Waals surface area contributed by atoms with Gasteiger partial charge in [0.15, 0.2) is 0 Å². The van der Waals surface area contributed by atoms with E-state index in [-0.39, 0.29) is 5.92 Å². The van der Waals surface area contributed by atoms with Gasteiger partial charge in [-0.25, -0.2) is 0 Å². The van der Waals surface area contributed by atoms with E-state index in [4.69, 9.17) is 4.74 Å². The monoisotopic (exact) mass is 222 g/mol. The first-order valence-electron chi connectivity index (χ1n) is 5.41. The fraction of sp³-hybridized carbons (Fsp3) is 0.462. The summed E-state index contributed by atoms with van der Waals surface area (Å²) in [4.78, 5) is 11.2. The van der Waals surface area contributed by atoms with Gasteiger partial charge in [-0.15, -0.1) is 0 Å². The highest BCUT2D eigenvalue weighted by molar-refractivity contribution is 5.76. The number of hydrogen-bond acceptors (Lipinski definition) is 2. The lowest BCUT2D eigenvalue weighted by Gasteiger charge is -2.17. The second-order valence-electron chi connectivity index (χ2n) is 4.10. The Kier molecular flexibility index (Phi) is 4.99. The van der Waals surface area contributed by atoms with Gasteiger partial charge in [0, 0.05) is 13.7 Å². The number of ether oxygens (including phenoxy) is 1. The largest absolute Gasteiger partial charge is 0.481 e. The predicted octanol–water partition coefficient (Wildman–Crippen LogP) is 2.53. The molecule has 0 aliphatic carbocycles. The van der Waals surface area contributed by atoms with Crippen LogP contribution in [0.5, 0.6) is 0 Å². The lowest BCUT2D eigenvalue weighted by molar-refractivity contribution is -0.139. The summed E-state index contributed by atoms with van der Waals surface area (Å²) in [7, 11) is 1.63. The van der Waals surface area contributed by atoms with Gasteiger partial charge >= 0.3 is 5.97 Å². The van der Waals surface area contributed by atoms with Crippen LogP contribution in [0.25, 0.3) is 0 Å². The topological polar surface area (TPSA) is 46.5 Å². The average Bonchev–Trinajstić information content (AvgIpc) is 2.27. The van der Waals surface area contributed by atoms with E-state index in [9.17, 15) is 9.90 Å². The first-order valence-corrected chi connectivity index (χ1v) is 5.41. The zero-order chi connectivity index (χ0) is 12.0. The SMILES string of the molecule is COCC(C)CC(C(=O)O)c1ccccc1. The number of carboxylic acid groups (broad SMARTS) is 1. The predicted molar refractivity (Wildman–Crippen MR) is 62.5 cm³/mol. The molecule has 1 aromatic rings. The first-order chi connectivity index (χ1) is 7.65. The second-order valence-corrected chi connectivity index (χ2v) is 4.10. The van der Waals surface area contributed by atoms with E-state index in [0.29, 0.717) is 13.0 Å². The van der Waals surface area contributed by atoms with E-state index in [2.05, 4.69) is 0 Å². The highest BCUT2D eigenvalue weighted by Gasteiger charge is 2.21. The van der Waals surface area contributed by atoms with E-state index < -0.39 is 11.9 Å². The highest BCUT2D eigenvalue weighted by atomic mass is 16.5. The molecule has 0 aliphatic rings. The van der Waals surface area contributed by atoms with Gasteiger partial charge in [0.1, 0.15) is 0 Å². The molecule has 0 bridgehead atoms. The van der Waals surface area contributed by atoms with Crippen LogP contribution >= 0.6 is 0 Å². The Balaban J connectivity index is 2.73. The molecular formula is C13H18O3. The number of carboxylic acids is 1. The number of aliphatic carboxylic acids is 1. The maximum Gasteiger partial charge on any atom is 0.310 e. The molecule has 88 valence electrons. The second kappa shape index (κ2) is 6.28. The van der Waals surface area contributed by atoms with Crippen LogP contribution in [-0.4, -0.2) is 24.8 Å². The molecule has 0 spiro atoms. The zero-order valence-corrected chi connectivity index (χ0v) is 9.72. The third-order valence-corrected chi connectivity index (χ3v) is 2.59. The molecule has 3 nitrogen and oxygen atoms in total. The molecule has 1 rings (SSSR count). The Morgan fingerprint density at radius 1 is 1.38 bits per heavy atom. The van der Waals surface area contributed by atoms with Gasteiger partial charge in [0.25, 0.3) is 0 Å². The highest BCUT2D eigenvalue weighted by Crippen LogP contribution is 2.24.